The van der Waals surface area contributed by atoms with Crippen molar-refractivity contribution >= 4 is 0 Å². The molecule has 1 rings (SSSR count). The number of methoxy groups -OCH3 is 1. The maximum Gasteiger partial charge on any atom is 0.0571 e. The fraction of sp³-hybridized carbons (Fsp3) is 1.00. The van der Waals surface area contributed by atoms with E-state index < -0.39 is 0 Å². The molecule has 2 nitrogen and oxygen atoms in total. The summed E-state index contributed by atoms with van der Waals surface area (Å²) in [5.74, 6) is 0.972. The lowest BCUT2D eigenvalue weighted by atomic mass is 9.84. The van der Waals surface area contributed by atoms with Crippen LogP contribution in [-0.2, 0) is 4.74 Å². The minimum atomic E-state index is 0.556. The average Bonchev–Trinajstić information content (AvgIpc) is 2.19. The molecule has 0 saturated heterocycles. The SMILES string of the molecule is CNCCCC1CCC(OC)CC1. The van der Waals surface area contributed by atoms with Crippen molar-refractivity contribution in [3.63, 3.8) is 0 Å². The fourth-order valence-corrected chi connectivity index (χ4v) is 2.22. The van der Waals surface area contributed by atoms with Gasteiger partial charge in [0.15, 0.2) is 0 Å². The van der Waals surface area contributed by atoms with E-state index in [0.29, 0.717) is 6.10 Å². The van der Waals surface area contributed by atoms with Gasteiger partial charge in [0.1, 0.15) is 0 Å². The summed E-state index contributed by atoms with van der Waals surface area (Å²) in [5, 5.41) is 3.20. The number of rotatable bonds is 5. The standard InChI is InChI=1S/C11H23NO/c1-12-9-3-4-10-5-7-11(13-2)8-6-10/h10-12H,3-9H2,1-2H3. The summed E-state index contributed by atoms with van der Waals surface area (Å²) >= 11 is 0. The molecule has 1 saturated carbocycles. The van der Waals surface area contributed by atoms with Gasteiger partial charge in [-0.25, -0.2) is 0 Å². The van der Waals surface area contributed by atoms with Crippen LogP contribution in [0.1, 0.15) is 38.5 Å². The summed E-state index contributed by atoms with van der Waals surface area (Å²) in [5.41, 5.74) is 0. The topological polar surface area (TPSA) is 21.3 Å². The van der Waals surface area contributed by atoms with E-state index in [-0.39, 0.29) is 0 Å². The summed E-state index contributed by atoms with van der Waals surface area (Å²) in [6, 6.07) is 0. The van der Waals surface area contributed by atoms with Crippen molar-refractivity contribution in [3.05, 3.63) is 0 Å². The number of hydrogen-bond donors (Lipinski definition) is 1. The highest BCUT2D eigenvalue weighted by atomic mass is 16.5. The van der Waals surface area contributed by atoms with Crippen LogP contribution in [0.4, 0.5) is 0 Å². The van der Waals surface area contributed by atoms with Crippen LogP contribution < -0.4 is 5.32 Å². The van der Waals surface area contributed by atoms with Crippen molar-refractivity contribution in [2.24, 2.45) is 5.92 Å². The van der Waals surface area contributed by atoms with E-state index in [2.05, 4.69) is 5.32 Å². The van der Waals surface area contributed by atoms with Crippen LogP contribution in [-0.4, -0.2) is 26.8 Å². The molecule has 0 spiro atoms. The Hall–Kier alpha value is -0.0800. The molecule has 1 aliphatic rings. The summed E-state index contributed by atoms with van der Waals surface area (Å²) < 4.78 is 5.35. The number of nitrogens with one attached hydrogen (secondary N) is 1. The highest BCUT2D eigenvalue weighted by Crippen LogP contribution is 2.28. The number of hydrogen-bond acceptors (Lipinski definition) is 2. The second kappa shape index (κ2) is 6.39. The molecule has 0 unspecified atom stereocenters. The molecule has 0 aromatic rings. The molecule has 78 valence electrons. The highest BCUT2D eigenvalue weighted by Gasteiger charge is 2.19. The molecule has 0 amide bonds. The van der Waals surface area contributed by atoms with Crippen molar-refractivity contribution < 1.29 is 4.74 Å². The van der Waals surface area contributed by atoms with Gasteiger partial charge in [0, 0.05) is 7.11 Å². The third-order valence-electron chi connectivity index (χ3n) is 3.17. The van der Waals surface area contributed by atoms with Gasteiger partial charge < -0.3 is 10.1 Å². The molecule has 0 aromatic carbocycles. The molecule has 0 atom stereocenters. The lowest BCUT2D eigenvalue weighted by molar-refractivity contribution is 0.0553. The molecular formula is C11H23NO. The summed E-state index contributed by atoms with van der Waals surface area (Å²) in [7, 11) is 3.87. The van der Waals surface area contributed by atoms with E-state index >= 15 is 0 Å². The van der Waals surface area contributed by atoms with Gasteiger partial charge in [-0.15, -0.1) is 0 Å². The van der Waals surface area contributed by atoms with E-state index in [4.69, 9.17) is 4.74 Å². The summed E-state index contributed by atoms with van der Waals surface area (Å²) in [4.78, 5) is 0. The highest BCUT2D eigenvalue weighted by molar-refractivity contribution is 4.72. The van der Waals surface area contributed by atoms with E-state index in [1.807, 2.05) is 14.2 Å². The first kappa shape index (κ1) is 11.0. The number of ether oxygens (including phenoxy) is 1. The second-order valence-corrected chi connectivity index (χ2v) is 4.12. The Morgan fingerprint density at radius 1 is 1.23 bits per heavy atom. The quantitative estimate of drug-likeness (QED) is 0.663. The van der Waals surface area contributed by atoms with Gasteiger partial charge in [-0.1, -0.05) is 0 Å². The smallest absolute Gasteiger partial charge is 0.0571 e. The van der Waals surface area contributed by atoms with E-state index in [9.17, 15) is 0 Å². The monoisotopic (exact) mass is 185 g/mol. The maximum atomic E-state index is 5.35. The van der Waals surface area contributed by atoms with Crippen molar-refractivity contribution in [2.75, 3.05) is 20.7 Å². The van der Waals surface area contributed by atoms with E-state index in [1.165, 1.54) is 45.1 Å². The lowest BCUT2D eigenvalue weighted by Gasteiger charge is -2.27. The van der Waals surface area contributed by atoms with Gasteiger partial charge in [0.05, 0.1) is 6.10 Å². The normalized spacial score (nSPS) is 29.1. The van der Waals surface area contributed by atoms with Gasteiger partial charge in [0.2, 0.25) is 0 Å². The van der Waals surface area contributed by atoms with E-state index in [1.54, 1.807) is 0 Å². The van der Waals surface area contributed by atoms with Gasteiger partial charge in [0.25, 0.3) is 0 Å². The molecule has 0 aliphatic heterocycles. The van der Waals surface area contributed by atoms with Crippen LogP contribution >= 0.6 is 0 Å². The van der Waals surface area contributed by atoms with Crippen LogP contribution in [0.5, 0.6) is 0 Å². The molecule has 1 aliphatic carbocycles. The predicted molar refractivity (Wildman–Crippen MR) is 55.9 cm³/mol. The Labute approximate surface area is 82.0 Å². The molecule has 0 radical (unpaired) electrons. The zero-order valence-corrected chi connectivity index (χ0v) is 9.01. The first-order valence-electron chi connectivity index (χ1n) is 5.54. The molecule has 0 bridgehead atoms. The lowest BCUT2D eigenvalue weighted by Crippen LogP contribution is -2.21. The molecular weight excluding hydrogens is 162 g/mol. The average molecular weight is 185 g/mol. The van der Waals surface area contributed by atoms with Crippen LogP contribution in [0.15, 0.2) is 0 Å². The van der Waals surface area contributed by atoms with Crippen molar-refractivity contribution in [3.8, 4) is 0 Å². The molecule has 1 fully saturated rings. The maximum absolute atomic E-state index is 5.35. The Balaban J connectivity index is 2.03. The first-order valence-corrected chi connectivity index (χ1v) is 5.54. The van der Waals surface area contributed by atoms with Crippen LogP contribution in [0.3, 0.4) is 0 Å². The second-order valence-electron chi connectivity index (χ2n) is 4.12. The molecule has 0 aromatic heterocycles. The van der Waals surface area contributed by atoms with Crippen LogP contribution in [0, 0.1) is 5.92 Å². The predicted octanol–water partition coefficient (Wildman–Crippen LogP) is 2.19. The van der Waals surface area contributed by atoms with E-state index in [0.717, 1.165) is 5.92 Å². The van der Waals surface area contributed by atoms with Crippen molar-refractivity contribution in [1.82, 2.24) is 5.32 Å². The van der Waals surface area contributed by atoms with Gasteiger partial charge >= 0.3 is 0 Å². The third-order valence-corrected chi connectivity index (χ3v) is 3.17. The van der Waals surface area contributed by atoms with Crippen molar-refractivity contribution in [1.29, 1.82) is 0 Å². The van der Waals surface area contributed by atoms with Crippen LogP contribution in [0.2, 0.25) is 0 Å². The summed E-state index contributed by atoms with van der Waals surface area (Å²) in [6.07, 6.45) is 8.60. The molecule has 0 heterocycles. The molecule has 1 N–H and O–H groups in total. The summed E-state index contributed by atoms with van der Waals surface area (Å²) in [6.45, 7) is 1.17. The fourth-order valence-electron chi connectivity index (χ4n) is 2.22. The van der Waals surface area contributed by atoms with Gasteiger partial charge in [-0.3, -0.25) is 0 Å². The zero-order chi connectivity index (χ0) is 9.52. The molecule has 13 heavy (non-hydrogen) atoms. The Morgan fingerprint density at radius 2 is 1.92 bits per heavy atom. The Bertz CT molecular complexity index is 117. The minimum Gasteiger partial charge on any atom is -0.381 e. The zero-order valence-electron chi connectivity index (χ0n) is 9.01. The largest absolute Gasteiger partial charge is 0.381 e. The van der Waals surface area contributed by atoms with Gasteiger partial charge in [-0.2, -0.15) is 0 Å². The molecule has 2 heteroatoms. The Kier molecular flexibility index (Phi) is 5.40. The first-order chi connectivity index (χ1) is 6.36. The van der Waals surface area contributed by atoms with Gasteiger partial charge in [-0.05, 0) is 58.0 Å². The Morgan fingerprint density at radius 3 is 2.46 bits per heavy atom. The minimum absolute atomic E-state index is 0.556. The van der Waals surface area contributed by atoms with Crippen LogP contribution in [0.25, 0.3) is 0 Å². The van der Waals surface area contributed by atoms with Crippen molar-refractivity contribution in [2.45, 2.75) is 44.6 Å². The third kappa shape index (κ3) is 4.10.